The van der Waals surface area contributed by atoms with Crippen LogP contribution in [0.4, 0.5) is 5.69 Å². The van der Waals surface area contributed by atoms with Crippen LogP contribution >= 0.6 is 11.8 Å². The van der Waals surface area contributed by atoms with Crippen LogP contribution in [-0.2, 0) is 16.1 Å². The predicted octanol–water partition coefficient (Wildman–Crippen LogP) is 3.06. The number of carbonyl (C=O) groups is 3. The molecular weight excluding hydrogens is 396 g/mol. The van der Waals surface area contributed by atoms with E-state index in [1.165, 1.54) is 30.0 Å². The fourth-order valence-corrected chi connectivity index (χ4v) is 3.54. The SMILES string of the molecule is CSCC[C@H](C(=O)OCc1cccc([N+](=O)[O-])c1)N1C(=O)c2ccccc2C1=O. The highest BCUT2D eigenvalue weighted by Gasteiger charge is 2.43. The maximum Gasteiger partial charge on any atom is 0.329 e. The van der Waals surface area contributed by atoms with E-state index in [-0.39, 0.29) is 29.8 Å². The van der Waals surface area contributed by atoms with Gasteiger partial charge in [0.1, 0.15) is 12.6 Å². The molecule has 8 nitrogen and oxygen atoms in total. The van der Waals surface area contributed by atoms with Crippen LogP contribution in [-0.4, -0.2) is 45.7 Å². The number of hydrogen-bond acceptors (Lipinski definition) is 7. The van der Waals surface area contributed by atoms with Gasteiger partial charge in [0, 0.05) is 12.1 Å². The molecule has 1 aliphatic heterocycles. The molecule has 0 aliphatic carbocycles. The second kappa shape index (κ2) is 8.87. The number of imide groups is 1. The van der Waals surface area contributed by atoms with Crippen LogP contribution in [0, 0.1) is 10.1 Å². The minimum atomic E-state index is -1.06. The molecule has 0 unspecified atom stereocenters. The lowest BCUT2D eigenvalue weighted by molar-refractivity contribution is -0.384. The number of rotatable bonds is 8. The number of ether oxygens (including phenoxy) is 1. The molecule has 2 aromatic carbocycles. The number of esters is 1. The first-order chi connectivity index (χ1) is 13.9. The van der Waals surface area contributed by atoms with Crippen molar-refractivity contribution in [3.8, 4) is 0 Å². The molecule has 0 saturated heterocycles. The highest BCUT2D eigenvalue weighted by atomic mass is 32.2. The molecule has 29 heavy (non-hydrogen) atoms. The lowest BCUT2D eigenvalue weighted by Crippen LogP contribution is -2.46. The van der Waals surface area contributed by atoms with E-state index < -0.39 is 28.7 Å². The summed E-state index contributed by atoms with van der Waals surface area (Å²) in [6.07, 6.45) is 2.11. The Labute approximate surface area is 171 Å². The number of non-ortho nitro benzene ring substituents is 1. The number of carbonyl (C=O) groups excluding carboxylic acids is 3. The van der Waals surface area contributed by atoms with Crippen molar-refractivity contribution in [2.24, 2.45) is 0 Å². The van der Waals surface area contributed by atoms with Gasteiger partial charge in [-0.25, -0.2) is 4.79 Å². The lowest BCUT2D eigenvalue weighted by Gasteiger charge is -2.24. The van der Waals surface area contributed by atoms with Crippen LogP contribution in [0.2, 0.25) is 0 Å². The highest BCUT2D eigenvalue weighted by Crippen LogP contribution is 2.27. The zero-order valence-corrected chi connectivity index (χ0v) is 16.4. The number of thioether (sulfide) groups is 1. The van der Waals surface area contributed by atoms with Gasteiger partial charge >= 0.3 is 5.97 Å². The summed E-state index contributed by atoms with van der Waals surface area (Å²) in [5, 5.41) is 10.9. The zero-order chi connectivity index (χ0) is 21.0. The van der Waals surface area contributed by atoms with Crippen molar-refractivity contribution in [2.75, 3.05) is 12.0 Å². The van der Waals surface area contributed by atoms with Crippen LogP contribution in [0.25, 0.3) is 0 Å². The molecule has 0 aromatic heterocycles. The number of benzene rings is 2. The Hall–Kier alpha value is -3.20. The number of nitro groups is 1. The molecule has 0 saturated carbocycles. The normalized spacial score (nSPS) is 13.9. The summed E-state index contributed by atoms with van der Waals surface area (Å²) in [4.78, 5) is 49.5. The van der Waals surface area contributed by atoms with Crippen LogP contribution in [0.5, 0.6) is 0 Å². The summed E-state index contributed by atoms with van der Waals surface area (Å²) in [5.74, 6) is -1.22. The van der Waals surface area contributed by atoms with Crippen molar-refractivity contribution in [2.45, 2.75) is 19.1 Å². The molecule has 0 bridgehead atoms. The molecule has 1 aliphatic rings. The molecule has 2 aromatic rings. The fourth-order valence-electron chi connectivity index (χ4n) is 3.08. The van der Waals surface area contributed by atoms with Crippen molar-refractivity contribution in [3.63, 3.8) is 0 Å². The summed E-state index contributed by atoms with van der Waals surface area (Å²) in [7, 11) is 0. The summed E-state index contributed by atoms with van der Waals surface area (Å²) in [6.45, 7) is -0.195. The van der Waals surface area contributed by atoms with E-state index in [4.69, 9.17) is 4.74 Å². The molecule has 1 atom stereocenters. The minimum absolute atomic E-state index is 0.113. The maximum absolute atomic E-state index is 12.8. The topological polar surface area (TPSA) is 107 Å². The van der Waals surface area contributed by atoms with Gasteiger partial charge in [-0.2, -0.15) is 11.8 Å². The average Bonchev–Trinajstić information content (AvgIpc) is 2.98. The molecule has 150 valence electrons. The molecule has 1 heterocycles. The van der Waals surface area contributed by atoms with Crippen molar-refractivity contribution >= 4 is 35.2 Å². The highest BCUT2D eigenvalue weighted by molar-refractivity contribution is 7.98. The smallest absolute Gasteiger partial charge is 0.329 e. The van der Waals surface area contributed by atoms with Crippen LogP contribution in [0.1, 0.15) is 32.7 Å². The third kappa shape index (κ3) is 4.29. The molecule has 9 heteroatoms. The summed E-state index contributed by atoms with van der Waals surface area (Å²) in [5.41, 5.74) is 0.854. The van der Waals surface area contributed by atoms with Crippen LogP contribution < -0.4 is 0 Å². The number of nitrogens with zero attached hydrogens (tertiary/aromatic N) is 2. The lowest BCUT2D eigenvalue weighted by atomic mass is 10.1. The second-order valence-corrected chi connectivity index (χ2v) is 7.34. The Kier molecular flexibility index (Phi) is 6.28. The summed E-state index contributed by atoms with van der Waals surface area (Å²) < 4.78 is 5.31. The van der Waals surface area contributed by atoms with Crippen LogP contribution in [0.15, 0.2) is 48.5 Å². The third-order valence-corrected chi connectivity index (χ3v) is 5.15. The Morgan fingerprint density at radius 2 is 1.79 bits per heavy atom. The Balaban J connectivity index is 1.78. The van der Waals surface area contributed by atoms with Gasteiger partial charge in [0.05, 0.1) is 16.1 Å². The van der Waals surface area contributed by atoms with Gasteiger partial charge in [-0.15, -0.1) is 0 Å². The van der Waals surface area contributed by atoms with Gasteiger partial charge in [-0.1, -0.05) is 24.3 Å². The number of amides is 2. The van der Waals surface area contributed by atoms with E-state index in [1.807, 2.05) is 6.26 Å². The van der Waals surface area contributed by atoms with E-state index in [9.17, 15) is 24.5 Å². The summed E-state index contributed by atoms with van der Waals surface area (Å²) in [6, 6.07) is 11.1. The van der Waals surface area contributed by atoms with Gasteiger partial charge in [0.2, 0.25) is 0 Å². The largest absolute Gasteiger partial charge is 0.459 e. The van der Waals surface area contributed by atoms with Gasteiger partial charge in [0.15, 0.2) is 0 Å². The van der Waals surface area contributed by atoms with Crippen molar-refractivity contribution in [3.05, 3.63) is 75.3 Å². The summed E-state index contributed by atoms with van der Waals surface area (Å²) >= 11 is 1.48. The quantitative estimate of drug-likeness (QED) is 0.283. The average molecular weight is 414 g/mol. The van der Waals surface area contributed by atoms with Gasteiger partial charge in [0.25, 0.3) is 17.5 Å². The van der Waals surface area contributed by atoms with E-state index in [1.54, 1.807) is 30.3 Å². The first-order valence-corrected chi connectivity index (χ1v) is 10.2. The van der Waals surface area contributed by atoms with Gasteiger partial charge in [-0.05, 0) is 36.1 Å². The standard InChI is InChI=1S/C20H18N2O6S/c1-29-10-9-17(21-18(23)15-7-2-3-8-16(15)19(21)24)20(25)28-12-13-5-4-6-14(11-13)22(26)27/h2-8,11,17H,9-10,12H2,1H3/t17-/m1/s1. The first-order valence-electron chi connectivity index (χ1n) is 8.80. The monoisotopic (exact) mass is 414 g/mol. The van der Waals surface area contributed by atoms with E-state index >= 15 is 0 Å². The molecule has 0 N–H and O–H groups in total. The van der Waals surface area contributed by atoms with Crippen molar-refractivity contribution < 1.29 is 24.0 Å². The number of fused-ring (bicyclic) bond motifs is 1. The predicted molar refractivity (Wildman–Crippen MR) is 107 cm³/mol. The molecular formula is C20H18N2O6S. The second-order valence-electron chi connectivity index (χ2n) is 6.36. The molecule has 0 fully saturated rings. The van der Waals surface area contributed by atoms with Gasteiger partial charge in [-0.3, -0.25) is 24.6 Å². The van der Waals surface area contributed by atoms with Gasteiger partial charge < -0.3 is 4.74 Å². The third-order valence-electron chi connectivity index (χ3n) is 4.51. The Morgan fingerprint density at radius 3 is 2.38 bits per heavy atom. The van der Waals surface area contributed by atoms with E-state index in [0.717, 1.165) is 4.90 Å². The molecule has 0 radical (unpaired) electrons. The van der Waals surface area contributed by atoms with Crippen LogP contribution in [0.3, 0.4) is 0 Å². The number of nitro benzene ring substituents is 1. The van der Waals surface area contributed by atoms with E-state index in [2.05, 4.69) is 0 Å². The van der Waals surface area contributed by atoms with Crippen molar-refractivity contribution in [1.82, 2.24) is 4.90 Å². The number of hydrogen-bond donors (Lipinski definition) is 0. The molecule has 3 rings (SSSR count). The molecule has 0 spiro atoms. The zero-order valence-electron chi connectivity index (χ0n) is 15.6. The van der Waals surface area contributed by atoms with E-state index in [0.29, 0.717) is 11.3 Å². The molecule has 2 amide bonds. The Morgan fingerprint density at radius 1 is 1.14 bits per heavy atom. The Bertz CT molecular complexity index is 942. The maximum atomic E-state index is 12.8. The fraction of sp³-hybridized carbons (Fsp3) is 0.250. The minimum Gasteiger partial charge on any atom is -0.459 e. The van der Waals surface area contributed by atoms with Crippen molar-refractivity contribution in [1.29, 1.82) is 0 Å². The first kappa shape index (κ1) is 20.5.